The van der Waals surface area contributed by atoms with E-state index in [0.29, 0.717) is 13.0 Å². The summed E-state index contributed by atoms with van der Waals surface area (Å²) in [5, 5.41) is 0.325. The van der Waals surface area contributed by atoms with Crippen molar-refractivity contribution in [2.24, 2.45) is 0 Å². The second-order valence-electron chi connectivity index (χ2n) is 4.72. The summed E-state index contributed by atoms with van der Waals surface area (Å²) in [6.45, 7) is 4.05. The Morgan fingerprint density at radius 3 is 2.75 bits per heavy atom. The van der Waals surface area contributed by atoms with Gasteiger partial charge >= 0.3 is 0 Å². The van der Waals surface area contributed by atoms with Gasteiger partial charge in [-0.05, 0) is 19.1 Å². The summed E-state index contributed by atoms with van der Waals surface area (Å²) < 4.78 is 39.6. The van der Waals surface area contributed by atoms with E-state index in [9.17, 15) is 8.42 Å². The van der Waals surface area contributed by atoms with Gasteiger partial charge in [0.25, 0.3) is 10.1 Å². The molecule has 5 nitrogen and oxygen atoms in total. The third-order valence-electron chi connectivity index (χ3n) is 3.36. The van der Waals surface area contributed by atoms with Crippen LogP contribution in [0, 0.1) is 6.92 Å². The lowest BCUT2D eigenvalue weighted by Gasteiger charge is -2.05. The lowest BCUT2D eigenvalue weighted by molar-refractivity contribution is -0.673. The van der Waals surface area contributed by atoms with Gasteiger partial charge in [0, 0.05) is 13.3 Å². The van der Waals surface area contributed by atoms with E-state index < -0.39 is 15.4 Å². The van der Waals surface area contributed by atoms with Crippen molar-refractivity contribution >= 4 is 31.7 Å². The van der Waals surface area contributed by atoms with Gasteiger partial charge in [-0.2, -0.15) is 13.0 Å². The molecule has 0 fully saturated rings. The van der Waals surface area contributed by atoms with Crippen molar-refractivity contribution < 1.29 is 22.3 Å². The second kappa shape index (κ2) is 5.67. The Labute approximate surface area is 122 Å². The highest BCUT2D eigenvalue weighted by Crippen LogP contribution is 2.24. The van der Waals surface area contributed by atoms with Crippen LogP contribution >= 0.6 is 11.3 Å². The zero-order valence-corrected chi connectivity index (χ0v) is 13.3. The summed E-state index contributed by atoms with van der Waals surface area (Å²) in [6.07, 6.45) is 0.368. The van der Waals surface area contributed by atoms with Gasteiger partial charge in [-0.1, -0.05) is 11.3 Å². The SMILES string of the molecule is COc1ccc2sc(C)[n+](CC[C@@H](C)S(=O)(=O)O)c2c1. The first kappa shape index (κ1) is 15.2. The van der Waals surface area contributed by atoms with Gasteiger partial charge < -0.3 is 4.74 Å². The molecular weight excluding hydrogens is 298 g/mol. The molecule has 0 bridgehead atoms. The summed E-state index contributed by atoms with van der Waals surface area (Å²) in [4.78, 5) is 0. The van der Waals surface area contributed by atoms with E-state index in [4.69, 9.17) is 9.29 Å². The quantitative estimate of drug-likeness (QED) is 0.678. The Morgan fingerprint density at radius 2 is 2.15 bits per heavy atom. The van der Waals surface area contributed by atoms with Crippen molar-refractivity contribution in [2.75, 3.05) is 7.11 Å². The highest BCUT2D eigenvalue weighted by atomic mass is 32.2. The highest BCUT2D eigenvalue weighted by molar-refractivity contribution is 7.86. The zero-order chi connectivity index (χ0) is 14.9. The minimum Gasteiger partial charge on any atom is -0.497 e. The molecule has 7 heteroatoms. The van der Waals surface area contributed by atoms with Gasteiger partial charge in [-0.25, -0.2) is 0 Å². The highest BCUT2D eigenvalue weighted by Gasteiger charge is 2.23. The molecule has 0 aliphatic carbocycles. The fourth-order valence-corrected chi connectivity index (χ4v) is 3.47. The lowest BCUT2D eigenvalue weighted by atomic mass is 10.3. The molecule has 0 aliphatic rings. The van der Waals surface area contributed by atoms with Gasteiger partial charge in [0.2, 0.25) is 10.5 Å². The normalized spacial score (nSPS) is 13.6. The minimum absolute atomic E-state index is 0.368. The van der Waals surface area contributed by atoms with Crippen LogP contribution in [-0.2, 0) is 16.7 Å². The number of hydrogen-bond donors (Lipinski definition) is 1. The molecular formula is C13H18NO4S2+. The molecule has 1 aromatic carbocycles. The maximum Gasteiger partial charge on any atom is 0.267 e. The predicted molar refractivity (Wildman–Crippen MR) is 78.9 cm³/mol. The molecule has 2 aromatic rings. The van der Waals surface area contributed by atoms with E-state index in [1.807, 2.05) is 25.1 Å². The Hall–Kier alpha value is -1.18. The molecule has 1 atom stereocenters. The van der Waals surface area contributed by atoms with Gasteiger partial charge in [0.1, 0.15) is 10.4 Å². The molecule has 1 aromatic heterocycles. The van der Waals surface area contributed by atoms with E-state index in [0.717, 1.165) is 21.0 Å². The Morgan fingerprint density at radius 1 is 1.45 bits per heavy atom. The van der Waals surface area contributed by atoms with Crippen LogP contribution in [0.25, 0.3) is 10.2 Å². The van der Waals surface area contributed by atoms with Crippen LogP contribution in [0.15, 0.2) is 18.2 Å². The lowest BCUT2D eigenvalue weighted by Crippen LogP contribution is -2.37. The van der Waals surface area contributed by atoms with Gasteiger partial charge in [0.15, 0.2) is 6.54 Å². The first-order chi connectivity index (χ1) is 9.32. The molecule has 2 rings (SSSR count). The number of fused-ring (bicyclic) bond motifs is 1. The number of aromatic nitrogens is 1. The fourth-order valence-electron chi connectivity index (χ4n) is 2.04. The van der Waals surface area contributed by atoms with Gasteiger partial charge in [0.05, 0.1) is 18.4 Å². The van der Waals surface area contributed by atoms with Crippen LogP contribution < -0.4 is 9.30 Å². The number of methoxy groups -OCH3 is 1. The molecule has 1 heterocycles. The molecule has 110 valence electrons. The fraction of sp³-hybridized carbons (Fsp3) is 0.462. The predicted octanol–water partition coefficient (Wildman–Crippen LogP) is 2.17. The molecule has 0 saturated carbocycles. The maximum atomic E-state index is 11.1. The Kier molecular flexibility index (Phi) is 4.31. The molecule has 0 radical (unpaired) electrons. The monoisotopic (exact) mass is 316 g/mol. The second-order valence-corrected chi connectivity index (χ2v) is 7.79. The van der Waals surface area contributed by atoms with Crippen molar-refractivity contribution in [3.8, 4) is 5.75 Å². The average molecular weight is 316 g/mol. The van der Waals surface area contributed by atoms with E-state index in [1.165, 1.54) is 6.92 Å². The number of ether oxygens (including phenoxy) is 1. The number of rotatable bonds is 5. The van der Waals surface area contributed by atoms with Crippen LogP contribution in [0.1, 0.15) is 18.4 Å². The average Bonchev–Trinajstić information content (AvgIpc) is 2.69. The van der Waals surface area contributed by atoms with E-state index in [2.05, 4.69) is 4.57 Å². The number of thiazole rings is 1. The van der Waals surface area contributed by atoms with Crippen LogP contribution in [0.4, 0.5) is 0 Å². The molecule has 0 saturated heterocycles. The van der Waals surface area contributed by atoms with E-state index >= 15 is 0 Å². The molecule has 0 amide bonds. The first-order valence-corrected chi connectivity index (χ1v) is 8.58. The first-order valence-electron chi connectivity index (χ1n) is 6.26. The minimum atomic E-state index is -3.97. The number of nitrogens with zero attached hydrogens (tertiary/aromatic N) is 1. The number of hydrogen-bond acceptors (Lipinski definition) is 4. The molecule has 1 N–H and O–H groups in total. The summed E-state index contributed by atoms with van der Waals surface area (Å²) in [5.74, 6) is 0.770. The van der Waals surface area contributed by atoms with E-state index in [-0.39, 0.29) is 0 Å². The van der Waals surface area contributed by atoms with Crippen molar-refractivity contribution in [1.29, 1.82) is 0 Å². The van der Waals surface area contributed by atoms with Crippen molar-refractivity contribution in [1.82, 2.24) is 0 Å². The summed E-state index contributed by atoms with van der Waals surface area (Å²) in [7, 11) is -2.35. The summed E-state index contributed by atoms with van der Waals surface area (Å²) in [6, 6.07) is 5.84. The Balaban J connectivity index is 2.31. The van der Waals surface area contributed by atoms with Crippen molar-refractivity contribution in [3.63, 3.8) is 0 Å². The largest absolute Gasteiger partial charge is 0.497 e. The van der Waals surface area contributed by atoms with Crippen LogP contribution in [-0.4, -0.2) is 25.3 Å². The van der Waals surface area contributed by atoms with Crippen LogP contribution in [0.2, 0.25) is 0 Å². The molecule has 20 heavy (non-hydrogen) atoms. The summed E-state index contributed by atoms with van der Waals surface area (Å²) in [5.41, 5.74) is 1.02. The van der Waals surface area contributed by atoms with Gasteiger partial charge in [-0.15, -0.1) is 0 Å². The number of aryl methyl sites for hydroxylation is 2. The molecule has 0 unspecified atom stereocenters. The standard InChI is InChI=1S/C13H17NO4S2/c1-9(20(15,16)17)6-7-14-10(2)19-13-5-4-11(18-3)8-12(13)14/h4-5,8-9H,6-7H2,1-3H3/p+1/t9-/m1/s1. The van der Waals surface area contributed by atoms with Crippen molar-refractivity contribution in [2.45, 2.75) is 32.1 Å². The third-order valence-corrected chi connectivity index (χ3v) is 5.70. The molecule has 0 spiro atoms. The Bertz CT molecular complexity index is 721. The smallest absolute Gasteiger partial charge is 0.267 e. The molecule has 0 aliphatic heterocycles. The summed E-state index contributed by atoms with van der Waals surface area (Å²) >= 11 is 1.65. The zero-order valence-electron chi connectivity index (χ0n) is 11.7. The van der Waals surface area contributed by atoms with Crippen molar-refractivity contribution in [3.05, 3.63) is 23.2 Å². The third kappa shape index (κ3) is 3.11. The number of benzene rings is 1. The van der Waals surface area contributed by atoms with Gasteiger partial charge in [-0.3, -0.25) is 4.55 Å². The van der Waals surface area contributed by atoms with E-state index in [1.54, 1.807) is 18.4 Å². The maximum absolute atomic E-state index is 11.1. The van der Waals surface area contributed by atoms with Crippen LogP contribution in [0.3, 0.4) is 0 Å². The van der Waals surface area contributed by atoms with Crippen LogP contribution in [0.5, 0.6) is 5.75 Å². The topological polar surface area (TPSA) is 67.5 Å².